The van der Waals surface area contributed by atoms with E-state index in [4.69, 9.17) is 9.47 Å². The maximum Gasteiger partial charge on any atom is 0.292 e. The maximum absolute atomic E-state index is 12.9. The molecule has 166 valence electrons. The summed E-state index contributed by atoms with van der Waals surface area (Å²) >= 11 is 0. The van der Waals surface area contributed by atoms with E-state index in [0.717, 1.165) is 12.0 Å². The van der Waals surface area contributed by atoms with Crippen molar-refractivity contribution in [1.82, 2.24) is 4.90 Å². The number of carbonyl (C=O) groups excluding carboxylic acids is 1. The highest BCUT2D eigenvalue weighted by atomic mass is 16.6. The van der Waals surface area contributed by atoms with Gasteiger partial charge < -0.3 is 19.3 Å². The molecule has 0 spiro atoms. The highest BCUT2D eigenvalue weighted by Crippen LogP contribution is 2.32. The molecular weight excluding hydrogens is 398 g/mol. The van der Waals surface area contributed by atoms with Gasteiger partial charge in [-0.15, -0.1) is 0 Å². The van der Waals surface area contributed by atoms with Gasteiger partial charge >= 0.3 is 0 Å². The number of nitro groups is 1. The number of methoxy groups -OCH3 is 2. The summed E-state index contributed by atoms with van der Waals surface area (Å²) in [6.45, 7) is 1.87. The van der Waals surface area contributed by atoms with Crippen LogP contribution in [0, 0.1) is 16.0 Å². The molecular formula is C23H29N3O5. The number of rotatable bonds is 8. The molecule has 2 aromatic carbocycles. The second-order valence-corrected chi connectivity index (χ2v) is 7.71. The average Bonchev–Trinajstić information content (AvgIpc) is 2.81. The van der Waals surface area contributed by atoms with Crippen LogP contribution in [0.1, 0.15) is 18.4 Å². The molecule has 1 heterocycles. The fraction of sp³-hybridized carbons (Fsp3) is 0.435. The Bertz CT molecular complexity index is 925. The largest absolute Gasteiger partial charge is 0.493 e. The second kappa shape index (κ2) is 10.1. The zero-order chi connectivity index (χ0) is 22.4. The minimum Gasteiger partial charge on any atom is -0.493 e. The first-order chi connectivity index (χ1) is 14.9. The number of piperidine rings is 1. The number of amides is 1. The molecule has 8 nitrogen and oxygen atoms in total. The average molecular weight is 428 g/mol. The van der Waals surface area contributed by atoms with Crippen molar-refractivity contribution in [3.8, 4) is 11.5 Å². The molecule has 1 fully saturated rings. The lowest BCUT2D eigenvalue weighted by Gasteiger charge is -2.34. The highest BCUT2D eigenvalue weighted by molar-refractivity contribution is 5.79. The number of hydrogen-bond donors (Lipinski definition) is 0. The summed E-state index contributed by atoms with van der Waals surface area (Å²) in [6, 6.07) is 12.6. The molecule has 0 radical (unpaired) electrons. The van der Waals surface area contributed by atoms with E-state index >= 15 is 0 Å². The Hall–Kier alpha value is -3.29. The topological polar surface area (TPSA) is 85.2 Å². The van der Waals surface area contributed by atoms with Crippen LogP contribution >= 0.6 is 0 Å². The van der Waals surface area contributed by atoms with Crippen LogP contribution < -0.4 is 14.4 Å². The van der Waals surface area contributed by atoms with Crippen LogP contribution in [-0.2, 0) is 11.2 Å². The number of nitro benzene ring substituents is 1. The van der Waals surface area contributed by atoms with Crippen molar-refractivity contribution < 1.29 is 19.2 Å². The van der Waals surface area contributed by atoms with Crippen LogP contribution in [-0.4, -0.2) is 56.6 Å². The molecule has 0 aromatic heterocycles. The van der Waals surface area contributed by atoms with Crippen LogP contribution in [0.2, 0.25) is 0 Å². The quantitative estimate of drug-likeness (QED) is 0.473. The molecule has 1 aliphatic rings. The van der Waals surface area contributed by atoms with Crippen molar-refractivity contribution in [3.05, 3.63) is 58.1 Å². The van der Waals surface area contributed by atoms with E-state index in [9.17, 15) is 14.9 Å². The predicted molar refractivity (Wildman–Crippen MR) is 119 cm³/mol. The van der Waals surface area contributed by atoms with Crippen molar-refractivity contribution in [2.75, 3.05) is 45.8 Å². The van der Waals surface area contributed by atoms with Crippen LogP contribution in [0.15, 0.2) is 42.5 Å². The van der Waals surface area contributed by atoms with E-state index in [1.807, 2.05) is 36.2 Å². The van der Waals surface area contributed by atoms with Gasteiger partial charge in [-0.3, -0.25) is 14.9 Å². The minimum atomic E-state index is -0.353. The molecule has 1 amide bonds. The summed E-state index contributed by atoms with van der Waals surface area (Å²) in [5, 5.41) is 11.3. The molecule has 0 aliphatic carbocycles. The molecule has 31 heavy (non-hydrogen) atoms. The number of benzene rings is 2. The molecule has 0 atom stereocenters. The fourth-order valence-electron chi connectivity index (χ4n) is 4.01. The first kappa shape index (κ1) is 22.4. The first-order valence-electron chi connectivity index (χ1n) is 10.4. The van der Waals surface area contributed by atoms with Crippen LogP contribution in [0.5, 0.6) is 11.5 Å². The van der Waals surface area contributed by atoms with Crippen molar-refractivity contribution >= 4 is 17.3 Å². The lowest BCUT2D eigenvalue weighted by atomic mass is 9.94. The number of likely N-dealkylation sites (N-methyl/N-ethyl adjacent to an activating group) is 1. The smallest absolute Gasteiger partial charge is 0.292 e. The number of ether oxygens (including phenoxy) is 2. The lowest BCUT2D eigenvalue weighted by molar-refractivity contribution is -0.384. The van der Waals surface area contributed by atoms with Gasteiger partial charge in [0.15, 0.2) is 11.5 Å². The molecule has 8 heteroatoms. The van der Waals surface area contributed by atoms with Gasteiger partial charge in [0.25, 0.3) is 5.69 Å². The number of anilines is 1. The van der Waals surface area contributed by atoms with Gasteiger partial charge in [-0.05, 0) is 43.0 Å². The third-order valence-corrected chi connectivity index (χ3v) is 5.82. The molecule has 0 unspecified atom stereocenters. The highest BCUT2D eigenvalue weighted by Gasteiger charge is 2.29. The predicted octanol–water partition coefficient (Wildman–Crippen LogP) is 3.53. The summed E-state index contributed by atoms with van der Waals surface area (Å²) in [5.41, 5.74) is 1.81. The molecule has 1 aliphatic heterocycles. The fourth-order valence-corrected chi connectivity index (χ4v) is 4.01. The standard InChI is InChI=1S/C23H29N3O5/c1-24(13-10-17-8-9-21(30-2)22(16-17)31-3)23(27)18-11-14-25(15-12-18)19-6-4-5-7-20(19)26(28)29/h4-9,16,18H,10-15H2,1-3H3. The molecule has 0 saturated carbocycles. The summed E-state index contributed by atoms with van der Waals surface area (Å²) in [7, 11) is 5.04. The maximum atomic E-state index is 12.9. The van der Waals surface area contributed by atoms with E-state index in [-0.39, 0.29) is 22.4 Å². The summed E-state index contributed by atoms with van der Waals surface area (Å²) in [6.07, 6.45) is 2.09. The van der Waals surface area contributed by atoms with Gasteiger partial charge in [-0.1, -0.05) is 18.2 Å². The lowest BCUT2D eigenvalue weighted by Crippen LogP contribution is -2.42. The molecule has 0 N–H and O–H groups in total. The Kier molecular flexibility index (Phi) is 7.33. The molecule has 3 rings (SSSR count). The van der Waals surface area contributed by atoms with E-state index in [0.29, 0.717) is 49.7 Å². The van der Waals surface area contributed by atoms with Gasteiger partial charge in [0, 0.05) is 38.7 Å². The van der Waals surface area contributed by atoms with Gasteiger partial charge in [-0.2, -0.15) is 0 Å². The van der Waals surface area contributed by atoms with Crippen molar-refractivity contribution in [1.29, 1.82) is 0 Å². The van der Waals surface area contributed by atoms with Gasteiger partial charge in [0.1, 0.15) is 5.69 Å². The summed E-state index contributed by atoms with van der Waals surface area (Å²) in [5.74, 6) is 1.43. The Morgan fingerprint density at radius 3 is 2.45 bits per heavy atom. The normalized spacial score (nSPS) is 14.2. The molecule has 0 bridgehead atoms. The summed E-state index contributed by atoms with van der Waals surface area (Å²) in [4.78, 5) is 27.6. The first-order valence-corrected chi connectivity index (χ1v) is 10.4. The third-order valence-electron chi connectivity index (χ3n) is 5.82. The zero-order valence-corrected chi connectivity index (χ0v) is 18.2. The van der Waals surface area contributed by atoms with E-state index < -0.39 is 0 Å². The van der Waals surface area contributed by atoms with E-state index in [1.54, 1.807) is 31.3 Å². The Morgan fingerprint density at radius 1 is 1.13 bits per heavy atom. The summed E-state index contributed by atoms with van der Waals surface area (Å²) < 4.78 is 10.6. The minimum absolute atomic E-state index is 0.0607. The molecule has 2 aromatic rings. The number of hydrogen-bond acceptors (Lipinski definition) is 6. The third kappa shape index (κ3) is 5.25. The van der Waals surface area contributed by atoms with Crippen LogP contribution in [0.4, 0.5) is 11.4 Å². The van der Waals surface area contributed by atoms with Gasteiger partial charge in [-0.25, -0.2) is 0 Å². The second-order valence-electron chi connectivity index (χ2n) is 7.71. The number of para-hydroxylation sites is 2. The van der Waals surface area contributed by atoms with E-state index in [2.05, 4.69) is 0 Å². The Balaban J connectivity index is 1.54. The van der Waals surface area contributed by atoms with Gasteiger partial charge in [0.2, 0.25) is 5.91 Å². The zero-order valence-electron chi connectivity index (χ0n) is 18.2. The number of nitrogens with zero attached hydrogens (tertiary/aromatic N) is 3. The Labute approximate surface area is 182 Å². The van der Waals surface area contributed by atoms with Crippen molar-refractivity contribution in [3.63, 3.8) is 0 Å². The van der Waals surface area contributed by atoms with Crippen LogP contribution in [0.25, 0.3) is 0 Å². The van der Waals surface area contributed by atoms with Gasteiger partial charge in [0.05, 0.1) is 19.1 Å². The van der Waals surface area contributed by atoms with E-state index in [1.165, 1.54) is 6.07 Å². The SMILES string of the molecule is COc1ccc(CCN(C)C(=O)C2CCN(c3ccccc3[N+](=O)[O-])CC2)cc1OC. The van der Waals surface area contributed by atoms with Crippen LogP contribution in [0.3, 0.4) is 0 Å². The molecule has 1 saturated heterocycles. The van der Waals surface area contributed by atoms with Crippen molar-refractivity contribution in [2.24, 2.45) is 5.92 Å². The number of carbonyl (C=O) groups is 1. The van der Waals surface area contributed by atoms with Crippen molar-refractivity contribution in [2.45, 2.75) is 19.3 Å². The Morgan fingerprint density at radius 2 is 1.81 bits per heavy atom. The monoisotopic (exact) mass is 427 g/mol.